The second kappa shape index (κ2) is 21.2. The van der Waals surface area contributed by atoms with Gasteiger partial charge in [-0.15, -0.1) is 0 Å². The van der Waals surface area contributed by atoms with Crippen LogP contribution in [0.5, 0.6) is 0 Å². The molecular weight excluding hydrogens is 732 g/mol. The quantitative estimate of drug-likeness (QED) is 0.0745. The second-order valence-corrected chi connectivity index (χ2v) is 16.1. The zero-order chi connectivity index (χ0) is 42.5. The number of hydrogen-bond acceptors (Lipinski definition) is 9. The van der Waals surface area contributed by atoms with Gasteiger partial charge in [0.15, 0.2) is 0 Å². The van der Waals surface area contributed by atoms with Crippen LogP contribution in [-0.2, 0) is 38.3 Å². The van der Waals surface area contributed by atoms with Gasteiger partial charge >= 0.3 is 11.9 Å². The Bertz CT molecular complexity index is 1530. The molecule has 0 bridgehead atoms. The van der Waals surface area contributed by atoms with Crippen LogP contribution in [0.3, 0.4) is 0 Å². The molecule has 0 unspecified atom stereocenters. The molecule has 5 amide bonds. The van der Waals surface area contributed by atoms with Crippen LogP contribution in [0.25, 0.3) is 0 Å². The fraction of sp³-hybridized carbons (Fsp3) is 0.675. The van der Waals surface area contributed by atoms with Crippen molar-refractivity contribution in [3.8, 4) is 0 Å². The van der Waals surface area contributed by atoms with E-state index < -0.39 is 95.0 Å². The van der Waals surface area contributed by atoms with Crippen molar-refractivity contribution in [3.63, 3.8) is 0 Å². The number of unbranched alkanes of at least 4 members (excludes halogenated alkanes) is 1. The predicted molar refractivity (Wildman–Crippen MR) is 204 cm³/mol. The molecule has 2 rings (SSSR count). The maximum Gasteiger partial charge on any atom is 0.383 e. The number of carbonyl (C=O) groups is 7. The Hall–Kier alpha value is -4.47. The van der Waals surface area contributed by atoms with Crippen molar-refractivity contribution in [1.82, 2.24) is 26.2 Å². The Morgan fingerprint density at radius 2 is 1.45 bits per heavy atom. The van der Waals surface area contributed by atoms with Gasteiger partial charge in [-0.2, -0.15) is 8.78 Å². The Morgan fingerprint density at radius 3 is 2.00 bits per heavy atom. The minimum absolute atomic E-state index is 0.0409. The summed E-state index contributed by atoms with van der Waals surface area (Å²) in [6.45, 7) is 14.8. The van der Waals surface area contributed by atoms with Crippen LogP contribution >= 0.6 is 0 Å². The third-order valence-electron chi connectivity index (χ3n) is 9.27. The largest absolute Gasteiger partial charge is 0.460 e. The summed E-state index contributed by atoms with van der Waals surface area (Å²) in [6.07, 6.45) is -0.549. The SMILES string of the molecule is CCC[C@H](NC(=O)[C@@H]1C[C@@H](O)CN1C(=O)[C@@H](NC(=O)[C@@H](NC(=O)CCCCC(=O)OC(C)(C)C)C(C)C)C(C)C)C(=O)C(F)(F)C(=O)N[C@@H](C)c1ccccc1. The first-order chi connectivity index (χ1) is 26.0. The summed E-state index contributed by atoms with van der Waals surface area (Å²) >= 11 is 0. The zero-order valence-corrected chi connectivity index (χ0v) is 34.1. The van der Waals surface area contributed by atoms with Crippen molar-refractivity contribution >= 4 is 41.3 Å². The number of rotatable bonds is 20. The van der Waals surface area contributed by atoms with Gasteiger partial charge in [-0.1, -0.05) is 71.4 Å². The molecule has 1 aromatic carbocycles. The van der Waals surface area contributed by atoms with Gasteiger partial charge in [-0.3, -0.25) is 33.6 Å². The van der Waals surface area contributed by atoms with Crippen molar-refractivity contribution in [2.75, 3.05) is 6.54 Å². The molecule has 0 spiro atoms. The van der Waals surface area contributed by atoms with Crippen molar-refractivity contribution in [2.24, 2.45) is 11.8 Å². The van der Waals surface area contributed by atoms with Crippen molar-refractivity contribution < 1.29 is 52.2 Å². The van der Waals surface area contributed by atoms with Crippen LogP contribution in [0.15, 0.2) is 30.3 Å². The summed E-state index contributed by atoms with van der Waals surface area (Å²) < 4.78 is 35.9. The molecule has 14 nitrogen and oxygen atoms in total. The van der Waals surface area contributed by atoms with Gasteiger partial charge in [0.25, 0.3) is 5.91 Å². The van der Waals surface area contributed by atoms with E-state index in [0.717, 1.165) is 4.90 Å². The summed E-state index contributed by atoms with van der Waals surface area (Å²) in [6, 6.07) is 2.04. The number of aliphatic hydroxyl groups excluding tert-OH is 1. The number of alkyl halides is 2. The maximum atomic E-state index is 15.3. The topological polar surface area (TPSA) is 200 Å². The van der Waals surface area contributed by atoms with Crippen LogP contribution in [-0.4, -0.2) is 99.6 Å². The number of nitrogens with one attached hydrogen (secondary N) is 4. The minimum atomic E-state index is -4.50. The van der Waals surface area contributed by atoms with Crippen LogP contribution in [0.1, 0.15) is 119 Å². The molecule has 6 atom stereocenters. The predicted octanol–water partition coefficient (Wildman–Crippen LogP) is 3.50. The van der Waals surface area contributed by atoms with Crippen LogP contribution in [0.4, 0.5) is 8.78 Å². The lowest BCUT2D eigenvalue weighted by Crippen LogP contribution is -2.60. The summed E-state index contributed by atoms with van der Waals surface area (Å²) in [5.74, 6) is -12.3. The molecule has 0 saturated carbocycles. The Kier molecular flexibility index (Phi) is 18.0. The molecule has 1 aromatic rings. The van der Waals surface area contributed by atoms with Crippen molar-refractivity contribution in [2.45, 2.75) is 155 Å². The maximum absolute atomic E-state index is 15.3. The number of ketones is 1. The van der Waals surface area contributed by atoms with E-state index in [1.54, 1.807) is 85.7 Å². The van der Waals surface area contributed by atoms with E-state index >= 15 is 8.78 Å². The highest BCUT2D eigenvalue weighted by Gasteiger charge is 2.51. The summed E-state index contributed by atoms with van der Waals surface area (Å²) in [4.78, 5) is 92.8. The Labute approximate surface area is 328 Å². The third kappa shape index (κ3) is 14.2. The fourth-order valence-corrected chi connectivity index (χ4v) is 6.24. The van der Waals surface area contributed by atoms with Gasteiger partial charge in [0.2, 0.25) is 29.4 Å². The zero-order valence-electron chi connectivity index (χ0n) is 34.1. The highest BCUT2D eigenvalue weighted by atomic mass is 19.3. The van der Waals surface area contributed by atoms with Gasteiger partial charge in [-0.25, -0.2) is 0 Å². The lowest BCUT2D eigenvalue weighted by atomic mass is 9.98. The Balaban J connectivity index is 2.14. The van der Waals surface area contributed by atoms with Crippen molar-refractivity contribution in [3.05, 3.63) is 35.9 Å². The average molecular weight is 794 g/mol. The number of benzene rings is 1. The second-order valence-electron chi connectivity index (χ2n) is 16.1. The molecule has 5 N–H and O–H groups in total. The molecule has 56 heavy (non-hydrogen) atoms. The number of amides is 5. The number of hydrogen-bond donors (Lipinski definition) is 5. The van der Waals surface area contributed by atoms with Crippen LogP contribution in [0, 0.1) is 11.8 Å². The number of Topliss-reactive ketones (excluding diaryl/α,β-unsaturated/α-hetero) is 1. The summed E-state index contributed by atoms with van der Waals surface area (Å²) in [7, 11) is 0. The van der Waals surface area contributed by atoms with E-state index in [9.17, 15) is 38.7 Å². The molecule has 1 heterocycles. The van der Waals surface area contributed by atoms with Gasteiger partial charge < -0.3 is 36.0 Å². The van der Waals surface area contributed by atoms with Gasteiger partial charge in [0.05, 0.1) is 18.2 Å². The number of aliphatic hydroxyl groups is 1. The van der Waals surface area contributed by atoms with Crippen molar-refractivity contribution in [1.29, 1.82) is 0 Å². The molecule has 1 aliphatic heterocycles. The molecule has 16 heteroatoms. The number of β-amino-alcohol motifs (C(OH)–C–C–N with tert-alkyl or cyclic N) is 1. The monoisotopic (exact) mass is 793 g/mol. The van der Waals surface area contributed by atoms with Crippen LogP contribution in [0.2, 0.25) is 0 Å². The summed E-state index contributed by atoms with van der Waals surface area (Å²) in [5.41, 5.74) is -0.0822. The van der Waals surface area contributed by atoms with Gasteiger partial charge in [0.1, 0.15) is 23.7 Å². The van der Waals surface area contributed by atoms with E-state index in [1.807, 2.05) is 0 Å². The number of esters is 1. The molecule has 0 radical (unpaired) electrons. The number of ether oxygens (including phenoxy) is 1. The van der Waals surface area contributed by atoms with Gasteiger partial charge in [-0.05, 0) is 64.4 Å². The third-order valence-corrected chi connectivity index (χ3v) is 9.27. The first-order valence-electron chi connectivity index (χ1n) is 19.4. The lowest BCUT2D eigenvalue weighted by molar-refractivity contribution is -0.161. The lowest BCUT2D eigenvalue weighted by Gasteiger charge is -2.32. The average Bonchev–Trinajstić information content (AvgIpc) is 3.51. The number of halogens is 2. The molecular formula is C40H61F2N5O9. The molecule has 1 saturated heterocycles. The molecule has 1 aliphatic rings. The fourth-order valence-electron chi connectivity index (χ4n) is 6.24. The minimum Gasteiger partial charge on any atom is -0.460 e. The number of nitrogens with zero attached hydrogens (tertiary/aromatic N) is 1. The number of likely N-dealkylation sites (tertiary alicyclic amines) is 1. The standard InChI is InChI=1S/C40H61F2N5O9/c1-10-16-28(34(51)40(41,42)38(55)43-25(6)26-17-12-11-13-18-26)44-35(52)29-21-27(48)22-47(29)37(54)33(24(4)5)46-36(53)32(23(2)3)45-30(49)19-14-15-20-31(50)56-39(7,8)9/h11-13,17-18,23-25,27-29,32-33,48H,10,14-16,19-22H2,1-9H3,(H,43,55)(H,44,52)(H,45,49)(H,46,53)/t25-,27+,28-,29-,32-,33-/m0/s1. The van der Waals surface area contributed by atoms with E-state index in [4.69, 9.17) is 4.74 Å². The molecule has 314 valence electrons. The highest BCUT2D eigenvalue weighted by Crippen LogP contribution is 2.25. The van der Waals surface area contributed by atoms with E-state index in [1.165, 1.54) is 6.92 Å². The highest BCUT2D eigenvalue weighted by molar-refractivity contribution is 6.10. The Morgan fingerprint density at radius 1 is 0.857 bits per heavy atom. The normalized spacial score (nSPS) is 18.1. The van der Waals surface area contributed by atoms with E-state index in [-0.39, 0.29) is 44.6 Å². The van der Waals surface area contributed by atoms with Crippen LogP contribution < -0.4 is 21.3 Å². The molecule has 1 fully saturated rings. The van der Waals surface area contributed by atoms with E-state index in [2.05, 4.69) is 21.3 Å². The molecule has 0 aromatic heterocycles. The van der Waals surface area contributed by atoms with Gasteiger partial charge in [0, 0.05) is 25.8 Å². The summed E-state index contributed by atoms with van der Waals surface area (Å²) in [5, 5.41) is 20.4. The smallest absolute Gasteiger partial charge is 0.383 e. The van der Waals surface area contributed by atoms with E-state index in [0.29, 0.717) is 18.4 Å². The molecule has 0 aliphatic carbocycles. The first kappa shape index (κ1) is 47.7. The number of carbonyl (C=O) groups excluding carboxylic acids is 7. The first-order valence-corrected chi connectivity index (χ1v) is 19.4.